The van der Waals surface area contributed by atoms with Crippen LogP contribution >= 0.6 is 23.2 Å². The molecule has 1 fully saturated rings. The minimum Gasteiger partial charge on any atom is -0.381 e. The van der Waals surface area contributed by atoms with Crippen molar-refractivity contribution in [2.24, 2.45) is 5.92 Å². The number of hydrogen-bond acceptors (Lipinski definition) is 6. The van der Waals surface area contributed by atoms with Crippen molar-refractivity contribution in [1.82, 2.24) is 24.7 Å². The molecule has 35 heavy (non-hydrogen) atoms. The SMILES string of the molecule is Cc1noc(C)c1-c1cnc2c3cnc(Cl)cc3n([C@H](c3ccc(Cl)cn3)C3CCOCC3)c2c1. The van der Waals surface area contributed by atoms with Crippen LogP contribution in [-0.4, -0.2) is 37.9 Å². The van der Waals surface area contributed by atoms with Crippen molar-refractivity contribution in [3.63, 3.8) is 0 Å². The summed E-state index contributed by atoms with van der Waals surface area (Å²) in [7, 11) is 0. The molecule has 9 heteroatoms. The Morgan fingerprint density at radius 3 is 2.51 bits per heavy atom. The van der Waals surface area contributed by atoms with Gasteiger partial charge in [0.2, 0.25) is 0 Å². The topological polar surface area (TPSA) is 78.9 Å². The summed E-state index contributed by atoms with van der Waals surface area (Å²) in [5.41, 5.74) is 6.50. The molecular formula is C26H23Cl2N5O2. The van der Waals surface area contributed by atoms with Crippen molar-refractivity contribution in [2.45, 2.75) is 32.7 Å². The van der Waals surface area contributed by atoms with E-state index in [1.54, 1.807) is 12.4 Å². The van der Waals surface area contributed by atoms with Crippen LogP contribution in [-0.2, 0) is 4.74 Å². The van der Waals surface area contributed by atoms with E-state index < -0.39 is 0 Å². The molecule has 178 valence electrons. The predicted octanol–water partition coefficient (Wildman–Crippen LogP) is 6.57. The van der Waals surface area contributed by atoms with Crippen molar-refractivity contribution < 1.29 is 9.26 Å². The Balaban J connectivity index is 1.67. The van der Waals surface area contributed by atoms with Gasteiger partial charge in [0.1, 0.15) is 10.9 Å². The first-order chi connectivity index (χ1) is 17.0. The van der Waals surface area contributed by atoms with E-state index in [0.29, 0.717) is 16.1 Å². The summed E-state index contributed by atoms with van der Waals surface area (Å²) in [6.07, 6.45) is 7.23. The molecule has 0 amide bonds. The summed E-state index contributed by atoms with van der Waals surface area (Å²) in [5, 5.41) is 6.13. The van der Waals surface area contributed by atoms with E-state index in [9.17, 15) is 0 Å². The fraction of sp³-hybridized carbons (Fsp3) is 0.308. The molecule has 0 aliphatic carbocycles. The van der Waals surface area contributed by atoms with E-state index in [-0.39, 0.29) is 6.04 Å². The van der Waals surface area contributed by atoms with Gasteiger partial charge in [0, 0.05) is 48.3 Å². The second-order valence-electron chi connectivity index (χ2n) is 8.98. The second-order valence-corrected chi connectivity index (χ2v) is 9.80. The number of fused-ring (bicyclic) bond motifs is 3. The van der Waals surface area contributed by atoms with Gasteiger partial charge in [0.05, 0.1) is 39.0 Å². The number of rotatable bonds is 4. The summed E-state index contributed by atoms with van der Waals surface area (Å²) < 4.78 is 13.5. The third kappa shape index (κ3) is 3.88. The quantitative estimate of drug-likeness (QED) is 0.256. The summed E-state index contributed by atoms with van der Waals surface area (Å²) in [6.45, 7) is 5.30. The van der Waals surface area contributed by atoms with E-state index in [1.807, 2.05) is 38.2 Å². The molecule has 0 spiro atoms. The molecule has 0 radical (unpaired) electrons. The van der Waals surface area contributed by atoms with Gasteiger partial charge in [-0.25, -0.2) is 4.98 Å². The maximum atomic E-state index is 6.41. The Hall–Kier alpha value is -3.00. The van der Waals surface area contributed by atoms with Crippen molar-refractivity contribution in [3.8, 4) is 11.1 Å². The first-order valence-corrected chi connectivity index (χ1v) is 12.3. The average Bonchev–Trinajstić information content (AvgIpc) is 3.36. The summed E-state index contributed by atoms with van der Waals surface area (Å²) in [5.74, 6) is 1.07. The van der Waals surface area contributed by atoms with Crippen LogP contribution < -0.4 is 0 Å². The number of aromatic nitrogens is 5. The Morgan fingerprint density at radius 2 is 1.80 bits per heavy atom. The van der Waals surface area contributed by atoms with Crippen LogP contribution in [0.1, 0.15) is 36.0 Å². The van der Waals surface area contributed by atoms with Crippen LogP contribution in [0.2, 0.25) is 10.2 Å². The van der Waals surface area contributed by atoms with Crippen molar-refractivity contribution >= 4 is 45.1 Å². The number of hydrogen-bond donors (Lipinski definition) is 0. The zero-order valence-electron chi connectivity index (χ0n) is 19.3. The van der Waals surface area contributed by atoms with E-state index >= 15 is 0 Å². The normalized spacial score (nSPS) is 15.8. The standard InChI is InChI=1S/C26H23Cl2N5O2/c1-14-24(15(2)35-32-14)17-9-22-25(31-11-17)19-13-30-23(28)10-21(19)33(22)26(16-5-7-34-8-6-16)20-4-3-18(27)12-29-20/h3-4,9-13,16,26H,5-8H2,1-2H3/t26-/m0/s1. The largest absolute Gasteiger partial charge is 0.381 e. The van der Waals surface area contributed by atoms with Gasteiger partial charge >= 0.3 is 0 Å². The molecule has 7 nitrogen and oxygen atoms in total. The maximum absolute atomic E-state index is 6.41. The van der Waals surface area contributed by atoms with Gasteiger partial charge in [-0.05, 0) is 56.9 Å². The van der Waals surface area contributed by atoms with E-state index in [4.69, 9.17) is 42.4 Å². The van der Waals surface area contributed by atoms with Crippen LogP contribution in [0, 0.1) is 19.8 Å². The van der Waals surface area contributed by atoms with Gasteiger partial charge in [0.25, 0.3) is 0 Å². The minimum absolute atomic E-state index is 0.0589. The monoisotopic (exact) mass is 507 g/mol. The van der Waals surface area contributed by atoms with Gasteiger partial charge in [-0.1, -0.05) is 28.4 Å². The molecule has 0 aromatic carbocycles. The summed E-state index contributed by atoms with van der Waals surface area (Å²) in [4.78, 5) is 14.0. The zero-order valence-corrected chi connectivity index (χ0v) is 20.8. The number of aryl methyl sites for hydroxylation is 2. The lowest BCUT2D eigenvalue weighted by Gasteiger charge is -2.32. The van der Waals surface area contributed by atoms with E-state index in [0.717, 1.165) is 76.3 Å². The van der Waals surface area contributed by atoms with E-state index in [1.165, 1.54) is 0 Å². The van der Waals surface area contributed by atoms with Crippen molar-refractivity contribution in [3.05, 3.63) is 70.2 Å². The number of nitrogens with zero attached hydrogens (tertiary/aromatic N) is 5. The van der Waals surface area contributed by atoms with Crippen LogP contribution in [0.5, 0.6) is 0 Å². The average molecular weight is 508 g/mol. The fourth-order valence-corrected chi connectivity index (χ4v) is 5.55. The van der Waals surface area contributed by atoms with Gasteiger partial charge in [-0.15, -0.1) is 0 Å². The lowest BCUT2D eigenvalue weighted by molar-refractivity contribution is 0.0548. The highest BCUT2D eigenvalue weighted by Gasteiger charge is 2.31. The smallest absolute Gasteiger partial charge is 0.141 e. The van der Waals surface area contributed by atoms with E-state index in [2.05, 4.69) is 20.8 Å². The molecule has 5 aromatic heterocycles. The van der Waals surface area contributed by atoms with Crippen LogP contribution in [0.15, 0.2) is 47.4 Å². The van der Waals surface area contributed by atoms with Gasteiger partial charge in [-0.3, -0.25) is 9.97 Å². The van der Waals surface area contributed by atoms with Crippen LogP contribution in [0.3, 0.4) is 0 Å². The highest BCUT2D eigenvalue weighted by molar-refractivity contribution is 6.30. The number of ether oxygens (including phenoxy) is 1. The molecule has 5 aromatic rings. The zero-order chi connectivity index (χ0) is 24.1. The minimum atomic E-state index is -0.0589. The fourth-order valence-electron chi connectivity index (χ4n) is 5.29. The Morgan fingerprint density at radius 1 is 0.971 bits per heavy atom. The third-order valence-corrected chi connectivity index (χ3v) is 7.29. The molecule has 1 atom stereocenters. The van der Waals surface area contributed by atoms with Crippen LogP contribution in [0.25, 0.3) is 33.1 Å². The van der Waals surface area contributed by atoms with Gasteiger partial charge < -0.3 is 13.8 Å². The first kappa shape index (κ1) is 22.5. The Labute approximate surface area is 212 Å². The first-order valence-electron chi connectivity index (χ1n) is 11.6. The maximum Gasteiger partial charge on any atom is 0.141 e. The van der Waals surface area contributed by atoms with Gasteiger partial charge in [0.15, 0.2) is 0 Å². The highest BCUT2D eigenvalue weighted by Crippen LogP contribution is 2.41. The predicted molar refractivity (Wildman–Crippen MR) is 136 cm³/mol. The molecule has 1 aliphatic heterocycles. The molecule has 6 heterocycles. The molecule has 0 unspecified atom stereocenters. The number of pyridine rings is 3. The molecular weight excluding hydrogens is 485 g/mol. The molecule has 1 aliphatic rings. The van der Waals surface area contributed by atoms with Crippen LogP contribution in [0.4, 0.5) is 0 Å². The lowest BCUT2D eigenvalue weighted by Crippen LogP contribution is -2.27. The molecule has 6 rings (SSSR count). The molecule has 0 saturated carbocycles. The molecule has 0 bridgehead atoms. The Bertz CT molecular complexity index is 1520. The summed E-state index contributed by atoms with van der Waals surface area (Å²) in [6, 6.07) is 7.92. The van der Waals surface area contributed by atoms with Gasteiger partial charge in [-0.2, -0.15) is 0 Å². The lowest BCUT2D eigenvalue weighted by atomic mass is 9.89. The third-order valence-electron chi connectivity index (χ3n) is 6.86. The Kier molecular flexibility index (Phi) is 5.71. The van der Waals surface area contributed by atoms with Crippen molar-refractivity contribution in [1.29, 1.82) is 0 Å². The molecule has 1 saturated heterocycles. The molecule has 0 N–H and O–H groups in total. The summed E-state index contributed by atoms with van der Waals surface area (Å²) >= 11 is 12.6. The highest BCUT2D eigenvalue weighted by atomic mass is 35.5. The van der Waals surface area contributed by atoms with Crippen molar-refractivity contribution in [2.75, 3.05) is 13.2 Å². The second kappa shape index (κ2) is 8.90. The number of halogens is 2.